The number of aryl methyl sites for hydroxylation is 1. The molecule has 1 atom stereocenters. The molecule has 1 unspecified atom stereocenters. The van der Waals surface area contributed by atoms with Crippen LogP contribution in [0.1, 0.15) is 62.6 Å². The molecule has 1 aromatic carbocycles. The van der Waals surface area contributed by atoms with Crippen molar-refractivity contribution in [1.82, 2.24) is 4.90 Å². The summed E-state index contributed by atoms with van der Waals surface area (Å²) in [6, 6.07) is 5.26. The van der Waals surface area contributed by atoms with Crippen LogP contribution in [0.15, 0.2) is 23.2 Å². The number of fused-ring (bicyclic) bond motifs is 3. The average Bonchev–Trinajstić information content (AvgIpc) is 3.12. The van der Waals surface area contributed by atoms with E-state index in [-0.39, 0.29) is 30.4 Å². The van der Waals surface area contributed by atoms with Crippen LogP contribution in [0.3, 0.4) is 0 Å². The van der Waals surface area contributed by atoms with Crippen molar-refractivity contribution in [3.63, 3.8) is 0 Å². The first kappa shape index (κ1) is 22.1. The van der Waals surface area contributed by atoms with E-state index < -0.39 is 23.6 Å². The molecular weight excluding hydrogens is 407 g/mol. The van der Waals surface area contributed by atoms with Crippen molar-refractivity contribution in [3.05, 3.63) is 34.9 Å². The molecule has 170 valence electrons. The molecule has 5 nitrogen and oxygen atoms in total. The van der Waals surface area contributed by atoms with Crippen molar-refractivity contribution in [2.75, 3.05) is 7.11 Å². The summed E-state index contributed by atoms with van der Waals surface area (Å²) < 4.78 is 44.0. The van der Waals surface area contributed by atoms with E-state index >= 15 is 0 Å². The molecule has 31 heavy (non-hydrogen) atoms. The highest BCUT2D eigenvalue weighted by molar-refractivity contribution is 6.08. The van der Waals surface area contributed by atoms with Crippen LogP contribution in [-0.4, -0.2) is 42.2 Å². The highest BCUT2D eigenvalue weighted by Crippen LogP contribution is 2.62. The maximum atomic E-state index is 13.9. The third-order valence-electron chi connectivity index (χ3n) is 7.35. The number of nitrogens with zero attached hydrogens (tertiary/aromatic N) is 2. The van der Waals surface area contributed by atoms with E-state index in [2.05, 4.69) is 0 Å². The molecule has 1 saturated carbocycles. The number of carbonyl (C=O) groups excluding carboxylic acids is 1. The molecule has 1 aliphatic heterocycles. The van der Waals surface area contributed by atoms with E-state index in [4.69, 9.17) is 15.5 Å². The van der Waals surface area contributed by atoms with E-state index in [1.807, 2.05) is 19.9 Å². The van der Waals surface area contributed by atoms with Gasteiger partial charge in [0.1, 0.15) is 0 Å². The molecule has 2 N–H and O–H groups in total. The second kappa shape index (κ2) is 7.50. The molecule has 2 aliphatic carbocycles. The van der Waals surface area contributed by atoms with Gasteiger partial charge in [0, 0.05) is 25.0 Å². The molecule has 1 heterocycles. The molecule has 0 saturated heterocycles. The Morgan fingerprint density at radius 1 is 1.29 bits per heavy atom. The lowest BCUT2D eigenvalue weighted by molar-refractivity contribution is -0.139. The number of ether oxygens (including phenoxy) is 1. The number of hydrogen-bond donors (Lipinski definition) is 1. The van der Waals surface area contributed by atoms with Gasteiger partial charge in [0.15, 0.2) is 11.5 Å². The second-order valence-electron chi connectivity index (χ2n) is 9.45. The van der Waals surface area contributed by atoms with Crippen molar-refractivity contribution in [2.45, 2.75) is 82.7 Å². The van der Waals surface area contributed by atoms with Gasteiger partial charge in [-0.1, -0.05) is 18.2 Å². The van der Waals surface area contributed by atoms with Crippen LogP contribution in [0.25, 0.3) is 0 Å². The summed E-state index contributed by atoms with van der Waals surface area (Å²) in [5.41, 5.74) is 6.96. The standard InChI is InChI=1S/C23H30F3N3O2/c1-14(2)29-19(30)23(28-20(29)27)18-12-15(6-11-22(24,25)26)4-5-16(18)13-21(23)9-7-17(31-3)8-10-21/h4-5,12,14,17H,6-11,13H2,1-3H3,(H2,27,28). The number of alkyl halides is 3. The molecule has 0 aromatic heterocycles. The van der Waals surface area contributed by atoms with E-state index in [0.29, 0.717) is 12.0 Å². The SMILES string of the molecule is COC1CCC2(CC1)Cc1ccc(CCC(F)(F)F)cc1C21N=C(N)N(C(C)C)C1=O. The summed E-state index contributed by atoms with van der Waals surface area (Å²) in [6.07, 6.45) is -1.27. The highest BCUT2D eigenvalue weighted by Gasteiger charge is 2.66. The minimum absolute atomic E-state index is 0.118. The Morgan fingerprint density at radius 3 is 2.52 bits per heavy atom. The number of rotatable bonds is 4. The third kappa shape index (κ3) is 3.43. The largest absolute Gasteiger partial charge is 0.389 e. The fourth-order valence-electron chi connectivity index (χ4n) is 5.82. The number of halogens is 3. The van der Waals surface area contributed by atoms with Crippen LogP contribution in [-0.2, 0) is 27.9 Å². The lowest BCUT2D eigenvalue weighted by Gasteiger charge is -2.45. The summed E-state index contributed by atoms with van der Waals surface area (Å²) in [7, 11) is 1.70. The van der Waals surface area contributed by atoms with Crippen LogP contribution in [0.4, 0.5) is 13.2 Å². The van der Waals surface area contributed by atoms with Gasteiger partial charge in [-0.2, -0.15) is 13.2 Å². The van der Waals surface area contributed by atoms with Gasteiger partial charge < -0.3 is 10.5 Å². The lowest BCUT2D eigenvalue weighted by atomic mass is 9.61. The van der Waals surface area contributed by atoms with Gasteiger partial charge in [-0.15, -0.1) is 0 Å². The maximum Gasteiger partial charge on any atom is 0.389 e. The van der Waals surface area contributed by atoms with Gasteiger partial charge in [0.25, 0.3) is 5.91 Å². The number of aliphatic imine (C=N–C) groups is 1. The monoisotopic (exact) mass is 437 g/mol. The Bertz CT molecular complexity index is 904. The first-order chi connectivity index (χ1) is 14.5. The smallest absolute Gasteiger partial charge is 0.381 e. The summed E-state index contributed by atoms with van der Waals surface area (Å²) in [5.74, 6) is 0.0457. The van der Waals surface area contributed by atoms with E-state index in [0.717, 1.165) is 36.8 Å². The molecular formula is C23H30F3N3O2. The predicted octanol–water partition coefficient (Wildman–Crippen LogP) is 4.07. The zero-order chi connectivity index (χ0) is 22.6. The van der Waals surface area contributed by atoms with Gasteiger partial charge in [0.05, 0.1) is 6.10 Å². The normalized spacial score (nSPS) is 30.5. The second-order valence-corrected chi connectivity index (χ2v) is 9.45. The number of methoxy groups -OCH3 is 1. The van der Waals surface area contributed by atoms with Crippen molar-refractivity contribution in [1.29, 1.82) is 0 Å². The van der Waals surface area contributed by atoms with Crippen LogP contribution in [0.5, 0.6) is 0 Å². The molecule has 8 heteroatoms. The summed E-state index contributed by atoms with van der Waals surface area (Å²) in [4.78, 5) is 20.3. The average molecular weight is 438 g/mol. The van der Waals surface area contributed by atoms with Crippen molar-refractivity contribution >= 4 is 11.9 Å². The van der Waals surface area contributed by atoms with Gasteiger partial charge >= 0.3 is 6.18 Å². The highest BCUT2D eigenvalue weighted by atomic mass is 19.4. The summed E-state index contributed by atoms with van der Waals surface area (Å²) in [6.45, 7) is 3.78. The minimum atomic E-state index is -4.23. The Kier molecular flexibility index (Phi) is 5.35. The first-order valence-corrected chi connectivity index (χ1v) is 10.9. The van der Waals surface area contributed by atoms with Crippen molar-refractivity contribution in [3.8, 4) is 0 Å². The van der Waals surface area contributed by atoms with Crippen LogP contribution in [0, 0.1) is 5.41 Å². The Morgan fingerprint density at radius 2 is 1.97 bits per heavy atom. The Labute approximate surface area is 180 Å². The molecule has 3 aliphatic rings. The Balaban J connectivity index is 1.80. The molecule has 2 spiro atoms. The molecule has 4 rings (SSSR count). The van der Waals surface area contributed by atoms with Crippen LogP contribution < -0.4 is 5.73 Å². The quantitative estimate of drug-likeness (QED) is 0.772. The molecule has 1 aromatic rings. The minimum Gasteiger partial charge on any atom is -0.381 e. The summed E-state index contributed by atoms with van der Waals surface area (Å²) >= 11 is 0. The van der Waals surface area contributed by atoms with E-state index in [9.17, 15) is 18.0 Å². The van der Waals surface area contributed by atoms with E-state index in [1.54, 1.807) is 24.1 Å². The maximum absolute atomic E-state index is 13.9. The third-order valence-corrected chi connectivity index (χ3v) is 7.35. The van der Waals surface area contributed by atoms with Gasteiger partial charge in [-0.3, -0.25) is 9.69 Å². The van der Waals surface area contributed by atoms with Gasteiger partial charge in [-0.05, 0) is 69.1 Å². The fraction of sp³-hybridized carbons (Fsp3) is 0.652. The van der Waals surface area contributed by atoms with Crippen LogP contribution in [0.2, 0.25) is 0 Å². The fourth-order valence-corrected chi connectivity index (χ4v) is 5.82. The van der Waals surface area contributed by atoms with Crippen LogP contribution >= 0.6 is 0 Å². The number of carbonyl (C=O) groups is 1. The first-order valence-electron chi connectivity index (χ1n) is 10.9. The lowest BCUT2D eigenvalue weighted by Crippen LogP contribution is -2.53. The molecule has 1 fully saturated rings. The summed E-state index contributed by atoms with van der Waals surface area (Å²) in [5, 5.41) is 0. The number of nitrogens with two attached hydrogens (primary N) is 1. The number of benzene rings is 1. The number of amides is 1. The van der Waals surface area contributed by atoms with Gasteiger partial charge in [-0.25, -0.2) is 4.99 Å². The van der Waals surface area contributed by atoms with Crippen molar-refractivity contribution in [2.24, 2.45) is 16.1 Å². The predicted molar refractivity (Wildman–Crippen MR) is 112 cm³/mol. The molecule has 0 radical (unpaired) electrons. The zero-order valence-electron chi connectivity index (χ0n) is 18.3. The van der Waals surface area contributed by atoms with Gasteiger partial charge in [0.2, 0.25) is 0 Å². The molecule has 1 amide bonds. The van der Waals surface area contributed by atoms with E-state index in [1.165, 1.54) is 0 Å². The number of guanidine groups is 1. The zero-order valence-corrected chi connectivity index (χ0v) is 18.3. The topological polar surface area (TPSA) is 67.9 Å². The molecule has 0 bridgehead atoms. The Hall–Kier alpha value is -2.09. The van der Waals surface area contributed by atoms with Crippen molar-refractivity contribution < 1.29 is 22.7 Å². The number of hydrogen-bond acceptors (Lipinski definition) is 4.